The van der Waals surface area contributed by atoms with Gasteiger partial charge in [0, 0.05) is 18.3 Å². The van der Waals surface area contributed by atoms with E-state index in [1.807, 2.05) is 6.26 Å². The molecular weight excluding hydrogens is 288 g/mol. The van der Waals surface area contributed by atoms with Gasteiger partial charge in [0.25, 0.3) is 0 Å². The Bertz CT molecular complexity index is 537. The van der Waals surface area contributed by atoms with Gasteiger partial charge in [0.2, 0.25) is 10.0 Å². The van der Waals surface area contributed by atoms with Crippen molar-refractivity contribution in [1.82, 2.24) is 14.5 Å². The van der Waals surface area contributed by atoms with Crippen molar-refractivity contribution < 1.29 is 13.5 Å². The van der Waals surface area contributed by atoms with Gasteiger partial charge < -0.3 is 10.8 Å². The Morgan fingerprint density at radius 2 is 2.16 bits per heavy atom. The fourth-order valence-corrected chi connectivity index (χ4v) is 4.08. The smallest absolute Gasteiger partial charge is 0.246 e. The third-order valence-electron chi connectivity index (χ3n) is 2.95. The highest BCUT2D eigenvalue weighted by molar-refractivity contribution is 7.99. The summed E-state index contributed by atoms with van der Waals surface area (Å²) in [5.74, 6) is -0.0237. The van der Waals surface area contributed by atoms with E-state index < -0.39 is 16.1 Å². The van der Waals surface area contributed by atoms with Crippen LogP contribution in [-0.4, -0.2) is 47.5 Å². The van der Waals surface area contributed by atoms with E-state index in [1.165, 1.54) is 16.4 Å². The second-order valence-corrected chi connectivity index (χ2v) is 7.02. The molecule has 2 unspecified atom stereocenters. The average molecular weight is 308 g/mol. The van der Waals surface area contributed by atoms with Crippen LogP contribution >= 0.6 is 11.8 Å². The Morgan fingerprint density at radius 3 is 2.53 bits per heavy atom. The number of aliphatic hydroxyl groups is 1. The number of anilines is 1. The van der Waals surface area contributed by atoms with Crippen LogP contribution in [0.25, 0.3) is 0 Å². The number of aromatic nitrogens is 2. The van der Waals surface area contributed by atoms with E-state index in [0.29, 0.717) is 5.69 Å². The SMILES string of the molecule is CSC(CO)C(C)NS(=O)(=O)c1c(N)nn(C)c1C. The summed E-state index contributed by atoms with van der Waals surface area (Å²) in [6.45, 7) is 3.24. The van der Waals surface area contributed by atoms with Crippen LogP contribution in [0, 0.1) is 6.92 Å². The number of nitrogens with two attached hydrogens (primary N) is 1. The molecule has 0 saturated carbocycles. The van der Waals surface area contributed by atoms with E-state index in [1.54, 1.807) is 20.9 Å². The zero-order valence-electron chi connectivity index (χ0n) is 11.4. The molecular formula is C10H20N4O3S2. The van der Waals surface area contributed by atoms with Gasteiger partial charge in [-0.25, -0.2) is 13.1 Å². The molecule has 1 aromatic rings. The van der Waals surface area contributed by atoms with E-state index >= 15 is 0 Å². The van der Waals surface area contributed by atoms with Crippen LogP contribution in [0.3, 0.4) is 0 Å². The molecule has 4 N–H and O–H groups in total. The quantitative estimate of drug-likeness (QED) is 0.665. The fraction of sp³-hybridized carbons (Fsp3) is 0.700. The van der Waals surface area contributed by atoms with Crippen LogP contribution in [0.4, 0.5) is 5.82 Å². The van der Waals surface area contributed by atoms with Crippen molar-refractivity contribution >= 4 is 27.6 Å². The fourth-order valence-electron chi connectivity index (χ4n) is 1.76. The minimum atomic E-state index is -3.75. The first-order chi connectivity index (χ1) is 8.74. The van der Waals surface area contributed by atoms with Gasteiger partial charge in [0.1, 0.15) is 4.90 Å². The van der Waals surface area contributed by atoms with E-state index in [0.717, 1.165) is 0 Å². The second kappa shape index (κ2) is 6.12. The van der Waals surface area contributed by atoms with Crippen LogP contribution in [-0.2, 0) is 17.1 Å². The normalized spacial score (nSPS) is 15.4. The number of aliphatic hydroxyl groups excluding tert-OH is 1. The monoisotopic (exact) mass is 308 g/mol. The van der Waals surface area contributed by atoms with Gasteiger partial charge in [-0.2, -0.15) is 16.9 Å². The van der Waals surface area contributed by atoms with Crippen molar-refractivity contribution in [3.05, 3.63) is 5.69 Å². The van der Waals surface area contributed by atoms with Crippen molar-refractivity contribution in [1.29, 1.82) is 0 Å². The standard InChI is InChI=1S/C10H20N4O3S2/c1-6(8(5-15)18-4)13-19(16,17)9-7(2)14(3)12-10(9)11/h6,8,13,15H,5H2,1-4H3,(H2,11,12). The highest BCUT2D eigenvalue weighted by Gasteiger charge is 2.28. The van der Waals surface area contributed by atoms with E-state index in [4.69, 9.17) is 5.73 Å². The number of hydrogen-bond donors (Lipinski definition) is 3. The average Bonchev–Trinajstić information content (AvgIpc) is 2.54. The van der Waals surface area contributed by atoms with Crippen molar-refractivity contribution in [3.8, 4) is 0 Å². The highest BCUT2D eigenvalue weighted by Crippen LogP contribution is 2.22. The highest BCUT2D eigenvalue weighted by atomic mass is 32.2. The molecule has 0 radical (unpaired) electrons. The van der Waals surface area contributed by atoms with Gasteiger partial charge in [-0.15, -0.1) is 0 Å². The van der Waals surface area contributed by atoms with E-state index in [-0.39, 0.29) is 22.6 Å². The zero-order chi connectivity index (χ0) is 14.8. The van der Waals surface area contributed by atoms with Crippen LogP contribution in [0.15, 0.2) is 4.90 Å². The number of sulfonamides is 1. The summed E-state index contributed by atoms with van der Waals surface area (Å²) < 4.78 is 28.5. The molecule has 0 amide bonds. The zero-order valence-corrected chi connectivity index (χ0v) is 13.0. The molecule has 0 aliphatic rings. The Hall–Kier alpha value is -0.770. The lowest BCUT2D eigenvalue weighted by Crippen LogP contribution is -2.41. The maximum atomic E-state index is 12.3. The topological polar surface area (TPSA) is 110 Å². The number of hydrogen-bond acceptors (Lipinski definition) is 6. The van der Waals surface area contributed by atoms with E-state index in [9.17, 15) is 13.5 Å². The summed E-state index contributed by atoms with van der Waals surface area (Å²) >= 11 is 1.40. The van der Waals surface area contributed by atoms with Gasteiger partial charge in [-0.1, -0.05) is 0 Å². The molecule has 0 aliphatic carbocycles. The summed E-state index contributed by atoms with van der Waals surface area (Å²) in [7, 11) is -2.12. The molecule has 110 valence electrons. The second-order valence-electron chi connectivity index (χ2n) is 4.29. The molecule has 1 rings (SSSR count). The molecule has 9 heteroatoms. The van der Waals surface area contributed by atoms with Gasteiger partial charge in [0.05, 0.1) is 12.3 Å². The summed E-state index contributed by atoms with van der Waals surface area (Å²) in [6.07, 6.45) is 1.81. The number of aryl methyl sites for hydroxylation is 1. The first kappa shape index (κ1) is 16.3. The molecule has 0 aromatic carbocycles. The first-order valence-corrected chi connectivity index (χ1v) is 8.46. The Labute approximate surface area is 117 Å². The molecule has 2 atom stereocenters. The molecule has 0 bridgehead atoms. The molecule has 0 fully saturated rings. The van der Waals surface area contributed by atoms with Crippen LogP contribution in [0.1, 0.15) is 12.6 Å². The molecule has 0 saturated heterocycles. The van der Waals surface area contributed by atoms with Crippen LogP contribution in [0.5, 0.6) is 0 Å². The maximum absolute atomic E-state index is 12.3. The van der Waals surface area contributed by atoms with Gasteiger partial charge in [-0.05, 0) is 20.1 Å². The van der Waals surface area contributed by atoms with Crippen molar-refractivity contribution in [3.63, 3.8) is 0 Å². The van der Waals surface area contributed by atoms with Crippen molar-refractivity contribution in [2.75, 3.05) is 18.6 Å². The number of thioether (sulfide) groups is 1. The minimum absolute atomic E-state index is 0.000331. The third-order valence-corrected chi connectivity index (χ3v) is 5.84. The van der Waals surface area contributed by atoms with Crippen LogP contribution < -0.4 is 10.5 Å². The Balaban J connectivity index is 3.05. The lowest BCUT2D eigenvalue weighted by molar-refractivity contribution is 0.282. The predicted molar refractivity (Wildman–Crippen MR) is 76.5 cm³/mol. The molecule has 1 aromatic heterocycles. The maximum Gasteiger partial charge on any atom is 0.246 e. The number of nitrogen functional groups attached to an aromatic ring is 1. The van der Waals surface area contributed by atoms with Crippen molar-refractivity contribution in [2.45, 2.75) is 30.0 Å². The predicted octanol–water partition coefficient (Wildman–Crippen LogP) is -0.299. The summed E-state index contributed by atoms with van der Waals surface area (Å²) in [4.78, 5) is -0.000331. The number of rotatable bonds is 6. The number of nitrogens with one attached hydrogen (secondary N) is 1. The summed E-state index contributed by atoms with van der Waals surface area (Å²) in [5.41, 5.74) is 6.11. The Kier molecular flexibility index (Phi) is 5.25. The first-order valence-electron chi connectivity index (χ1n) is 5.69. The molecule has 1 heterocycles. The lowest BCUT2D eigenvalue weighted by Gasteiger charge is -2.21. The Morgan fingerprint density at radius 1 is 1.58 bits per heavy atom. The third kappa shape index (κ3) is 3.41. The molecule has 0 spiro atoms. The van der Waals surface area contributed by atoms with Gasteiger partial charge >= 0.3 is 0 Å². The minimum Gasteiger partial charge on any atom is -0.395 e. The summed E-state index contributed by atoms with van der Waals surface area (Å²) in [6, 6.07) is -0.413. The number of nitrogens with zero attached hydrogens (tertiary/aromatic N) is 2. The summed E-state index contributed by atoms with van der Waals surface area (Å²) in [5, 5.41) is 12.9. The molecule has 0 aliphatic heterocycles. The van der Waals surface area contributed by atoms with Gasteiger partial charge in [-0.3, -0.25) is 4.68 Å². The van der Waals surface area contributed by atoms with Gasteiger partial charge in [0.15, 0.2) is 5.82 Å². The molecule has 7 nitrogen and oxygen atoms in total. The van der Waals surface area contributed by atoms with E-state index in [2.05, 4.69) is 9.82 Å². The largest absolute Gasteiger partial charge is 0.395 e. The van der Waals surface area contributed by atoms with Crippen molar-refractivity contribution in [2.24, 2.45) is 7.05 Å². The molecule has 19 heavy (non-hydrogen) atoms. The van der Waals surface area contributed by atoms with Crippen LogP contribution in [0.2, 0.25) is 0 Å². The lowest BCUT2D eigenvalue weighted by atomic mass is 10.3.